The standard InChI is InChI=1S/C28H27N7O2/c29-21-5-3-7-33(16-21)28(36)20-10-22-26-25(12-20)37-9-8-34(26)27(32-22)24-11-19-4-1-2-6-23(19)35(24)15-18-13-30-17-31-14-18/h1-2,4,6,10-14,17,21H,3,5,7-9,15-16,29H2/t21-/m1/s1. The average Bonchev–Trinajstić information content (AvgIpc) is 3.48. The largest absolute Gasteiger partial charge is 0.489 e. The molecule has 7 rings (SSSR count). The Morgan fingerprint density at radius 2 is 1.97 bits per heavy atom. The summed E-state index contributed by atoms with van der Waals surface area (Å²) >= 11 is 0. The number of aromatic nitrogens is 5. The first-order valence-corrected chi connectivity index (χ1v) is 12.7. The van der Waals surface area contributed by atoms with E-state index in [4.69, 9.17) is 15.5 Å². The molecular weight excluding hydrogens is 466 g/mol. The SMILES string of the molecule is N[C@@H]1CCCN(C(=O)c2cc3c4c(c2)nc(-c2cc5ccccc5n2Cc2cncnc2)n4CCO3)C1. The summed E-state index contributed by atoms with van der Waals surface area (Å²) in [6, 6.07) is 14.3. The molecule has 0 bridgehead atoms. The van der Waals surface area contributed by atoms with E-state index in [1.807, 2.05) is 41.6 Å². The molecule has 2 aliphatic rings. The molecule has 2 aromatic carbocycles. The van der Waals surface area contributed by atoms with Crippen LogP contribution in [0.1, 0.15) is 28.8 Å². The van der Waals surface area contributed by atoms with Crippen molar-refractivity contribution in [1.82, 2.24) is 29.0 Å². The Balaban J connectivity index is 1.37. The lowest BCUT2D eigenvalue weighted by molar-refractivity contribution is 0.0708. The third-order valence-corrected chi connectivity index (χ3v) is 7.37. The summed E-state index contributed by atoms with van der Waals surface area (Å²) in [5.41, 5.74) is 11.6. The minimum atomic E-state index is -0.0169. The van der Waals surface area contributed by atoms with E-state index in [2.05, 4.69) is 37.3 Å². The second kappa shape index (κ2) is 8.70. The van der Waals surface area contributed by atoms with Gasteiger partial charge in [0.2, 0.25) is 0 Å². The fraction of sp³-hybridized carbons (Fsp3) is 0.286. The van der Waals surface area contributed by atoms with Crippen LogP contribution in [0.4, 0.5) is 0 Å². The molecule has 3 aromatic heterocycles. The Kier molecular flexibility index (Phi) is 5.17. The van der Waals surface area contributed by atoms with E-state index in [9.17, 15) is 4.79 Å². The Labute approximate surface area is 213 Å². The van der Waals surface area contributed by atoms with Gasteiger partial charge in [-0.2, -0.15) is 0 Å². The van der Waals surface area contributed by atoms with Crippen LogP contribution in [0.25, 0.3) is 33.5 Å². The Morgan fingerprint density at radius 3 is 2.84 bits per heavy atom. The summed E-state index contributed by atoms with van der Waals surface area (Å²) in [6.45, 7) is 3.13. The van der Waals surface area contributed by atoms with Crippen molar-refractivity contribution in [2.75, 3.05) is 19.7 Å². The van der Waals surface area contributed by atoms with Crippen molar-refractivity contribution in [3.05, 3.63) is 72.3 Å². The van der Waals surface area contributed by atoms with Crippen molar-refractivity contribution < 1.29 is 9.53 Å². The summed E-state index contributed by atoms with van der Waals surface area (Å²) in [7, 11) is 0. The molecule has 0 saturated carbocycles. The van der Waals surface area contributed by atoms with Gasteiger partial charge in [0.1, 0.15) is 24.2 Å². The van der Waals surface area contributed by atoms with Crippen LogP contribution in [0.15, 0.2) is 61.2 Å². The van der Waals surface area contributed by atoms with E-state index in [1.54, 1.807) is 6.33 Å². The van der Waals surface area contributed by atoms with Gasteiger partial charge in [0.15, 0.2) is 5.82 Å². The first kappa shape index (κ1) is 22.0. The highest BCUT2D eigenvalue weighted by Gasteiger charge is 2.27. The third-order valence-electron chi connectivity index (χ3n) is 7.37. The number of carbonyl (C=O) groups excluding carboxylic acids is 1. The first-order chi connectivity index (χ1) is 18.2. The molecule has 186 valence electrons. The number of fused-ring (bicyclic) bond motifs is 1. The van der Waals surface area contributed by atoms with E-state index < -0.39 is 0 Å². The highest BCUT2D eigenvalue weighted by atomic mass is 16.5. The summed E-state index contributed by atoms with van der Waals surface area (Å²) in [6.07, 6.45) is 7.10. The number of benzene rings is 2. The van der Waals surface area contributed by atoms with Gasteiger partial charge in [-0.05, 0) is 37.1 Å². The zero-order valence-electron chi connectivity index (χ0n) is 20.4. The van der Waals surface area contributed by atoms with Gasteiger partial charge in [-0.1, -0.05) is 18.2 Å². The summed E-state index contributed by atoms with van der Waals surface area (Å²) in [5, 5.41) is 1.14. The second-order valence-corrected chi connectivity index (χ2v) is 9.85. The van der Waals surface area contributed by atoms with Crippen molar-refractivity contribution >= 4 is 27.8 Å². The zero-order chi connectivity index (χ0) is 24.9. The van der Waals surface area contributed by atoms with Crippen LogP contribution < -0.4 is 10.5 Å². The highest BCUT2D eigenvalue weighted by Crippen LogP contribution is 2.37. The molecular formula is C28H27N7O2. The number of para-hydroxylation sites is 1. The van der Waals surface area contributed by atoms with Crippen LogP contribution in [0.3, 0.4) is 0 Å². The zero-order valence-corrected chi connectivity index (χ0v) is 20.4. The maximum absolute atomic E-state index is 13.4. The number of rotatable bonds is 4. The highest BCUT2D eigenvalue weighted by molar-refractivity contribution is 6.00. The summed E-state index contributed by atoms with van der Waals surface area (Å²) in [4.78, 5) is 28.7. The van der Waals surface area contributed by atoms with Crippen LogP contribution in [0, 0.1) is 0 Å². The number of amides is 1. The van der Waals surface area contributed by atoms with Gasteiger partial charge < -0.3 is 24.5 Å². The number of nitrogens with two attached hydrogens (primary N) is 1. The second-order valence-electron chi connectivity index (χ2n) is 9.85. The van der Waals surface area contributed by atoms with Crippen LogP contribution in [-0.2, 0) is 13.1 Å². The monoisotopic (exact) mass is 493 g/mol. The van der Waals surface area contributed by atoms with E-state index in [-0.39, 0.29) is 11.9 Å². The molecule has 1 atom stereocenters. The molecule has 9 heteroatoms. The maximum Gasteiger partial charge on any atom is 0.254 e. The van der Waals surface area contributed by atoms with Crippen LogP contribution in [0.2, 0.25) is 0 Å². The number of carbonyl (C=O) groups is 1. The van der Waals surface area contributed by atoms with Gasteiger partial charge in [0.05, 0.1) is 24.3 Å². The van der Waals surface area contributed by atoms with Gasteiger partial charge >= 0.3 is 0 Å². The Bertz CT molecular complexity index is 1640. The van der Waals surface area contributed by atoms with E-state index in [1.165, 1.54) is 0 Å². The normalized spacial score (nSPS) is 17.3. The molecule has 37 heavy (non-hydrogen) atoms. The molecule has 1 saturated heterocycles. The van der Waals surface area contributed by atoms with Crippen molar-refractivity contribution in [3.8, 4) is 17.3 Å². The molecule has 1 amide bonds. The Hall–Kier alpha value is -4.24. The Morgan fingerprint density at radius 1 is 1.11 bits per heavy atom. The summed E-state index contributed by atoms with van der Waals surface area (Å²) < 4.78 is 10.5. The average molecular weight is 494 g/mol. The van der Waals surface area contributed by atoms with Crippen molar-refractivity contribution in [3.63, 3.8) is 0 Å². The van der Waals surface area contributed by atoms with E-state index in [0.29, 0.717) is 37.6 Å². The molecule has 5 aromatic rings. The lowest BCUT2D eigenvalue weighted by Crippen LogP contribution is -2.45. The van der Waals surface area contributed by atoms with Crippen LogP contribution in [0.5, 0.6) is 5.75 Å². The summed E-state index contributed by atoms with van der Waals surface area (Å²) in [5.74, 6) is 1.54. The van der Waals surface area contributed by atoms with Crippen LogP contribution >= 0.6 is 0 Å². The fourth-order valence-electron chi connectivity index (χ4n) is 5.66. The number of ether oxygens (including phenoxy) is 1. The number of piperidine rings is 1. The number of nitrogens with zero attached hydrogens (tertiary/aromatic N) is 6. The third kappa shape index (κ3) is 3.74. The predicted molar refractivity (Wildman–Crippen MR) is 140 cm³/mol. The fourth-order valence-corrected chi connectivity index (χ4v) is 5.66. The van der Waals surface area contributed by atoms with Gasteiger partial charge in [-0.25, -0.2) is 15.0 Å². The van der Waals surface area contributed by atoms with Crippen molar-refractivity contribution in [2.24, 2.45) is 5.73 Å². The molecule has 9 nitrogen and oxygen atoms in total. The van der Waals surface area contributed by atoms with Crippen LogP contribution in [-0.4, -0.2) is 60.6 Å². The van der Waals surface area contributed by atoms with Crippen molar-refractivity contribution in [1.29, 1.82) is 0 Å². The van der Waals surface area contributed by atoms with Gasteiger partial charge in [-0.3, -0.25) is 4.79 Å². The minimum absolute atomic E-state index is 0.0169. The smallest absolute Gasteiger partial charge is 0.254 e. The quantitative estimate of drug-likeness (QED) is 0.411. The minimum Gasteiger partial charge on any atom is -0.489 e. The molecule has 0 radical (unpaired) electrons. The molecule has 0 aliphatic carbocycles. The lowest BCUT2D eigenvalue weighted by Gasteiger charge is -2.31. The number of hydrogen-bond donors (Lipinski definition) is 1. The molecule has 0 unspecified atom stereocenters. The number of hydrogen-bond acceptors (Lipinski definition) is 6. The van der Waals surface area contributed by atoms with Gasteiger partial charge in [0, 0.05) is 53.6 Å². The van der Waals surface area contributed by atoms with Gasteiger partial charge in [0.25, 0.3) is 5.91 Å². The molecule has 1 fully saturated rings. The van der Waals surface area contributed by atoms with E-state index >= 15 is 0 Å². The molecule has 5 heterocycles. The first-order valence-electron chi connectivity index (χ1n) is 12.7. The van der Waals surface area contributed by atoms with Crippen molar-refractivity contribution in [2.45, 2.75) is 32.0 Å². The lowest BCUT2D eigenvalue weighted by atomic mass is 10.0. The number of likely N-dealkylation sites (tertiary alicyclic amines) is 1. The predicted octanol–water partition coefficient (Wildman–Crippen LogP) is 3.45. The molecule has 2 aliphatic heterocycles. The topological polar surface area (TPSA) is 104 Å². The molecule has 0 spiro atoms. The maximum atomic E-state index is 13.4. The number of imidazole rings is 1. The van der Waals surface area contributed by atoms with E-state index in [0.717, 1.165) is 58.4 Å². The van der Waals surface area contributed by atoms with Gasteiger partial charge in [-0.15, -0.1) is 0 Å². The molecule has 2 N–H and O–H groups in total.